The molecule has 108 valence electrons. The molecule has 1 amide bonds. The van der Waals surface area contributed by atoms with Crippen molar-refractivity contribution >= 4 is 17.5 Å². The summed E-state index contributed by atoms with van der Waals surface area (Å²) in [6, 6.07) is 5.65. The Morgan fingerprint density at radius 2 is 2.15 bits per heavy atom. The van der Waals surface area contributed by atoms with Gasteiger partial charge in [0.15, 0.2) is 11.5 Å². The minimum absolute atomic E-state index is 0.0677. The Balaban J connectivity index is 1.80. The molecule has 0 spiro atoms. The van der Waals surface area contributed by atoms with Crippen molar-refractivity contribution in [1.82, 2.24) is 4.90 Å². The van der Waals surface area contributed by atoms with Gasteiger partial charge in [-0.3, -0.25) is 4.79 Å². The summed E-state index contributed by atoms with van der Waals surface area (Å²) >= 11 is 5.85. The number of fused-ring (bicyclic) bond motifs is 1. The SMILES string of the molecule is O=C(c1ccc2c(c1)OCO2)N1CCCCC1CCCl. The Morgan fingerprint density at radius 1 is 1.30 bits per heavy atom. The standard InChI is InChI=1S/C15H18ClNO3/c16-7-6-12-3-1-2-8-17(12)15(18)11-4-5-13-14(9-11)20-10-19-13/h4-5,9,12H,1-3,6-8,10H2. The van der Waals surface area contributed by atoms with E-state index in [1.54, 1.807) is 12.1 Å². The van der Waals surface area contributed by atoms with Crippen LogP contribution in [0.15, 0.2) is 18.2 Å². The second kappa shape index (κ2) is 5.92. The van der Waals surface area contributed by atoms with E-state index in [4.69, 9.17) is 21.1 Å². The number of alkyl halides is 1. The Hall–Kier alpha value is -1.42. The van der Waals surface area contributed by atoms with Crippen molar-refractivity contribution in [3.05, 3.63) is 23.8 Å². The Kier molecular flexibility index (Phi) is 4.01. The maximum Gasteiger partial charge on any atom is 0.254 e. The maximum atomic E-state index is 12.7. The smallest absolute Gasteiger partial charge is 0.254 e. The van der Waals surface area contributed by atoms with E-state index in [-0.39, 0.29) is 18.7 Å². The van der Waals surface area contributed by atoms with Gasteiger partial charge in [0.25, 0.3) is 5.91 Å². The molecule has 20 heavy (non-hydrogen) atoms. The number of carbonyl (C=O) groups excluding carboxylic acids is 1. The van der Waals surface area contributed by atoms with E-state index < -0.39 is 0 Å². The van der Waals surface area contributed by atoms with Crippen LogP contribution < -0.4 is 9.47 Å². The molecule has 1 aromatic rings. The highest BCUT2D eigenvalue weighted by molar-refractivity contribution is 6.17. The lowest BCUT2D eigenvalue weighted by molar-refractivity contribution is 0.0609. The van der Waals surface area contributed by atoms with Crippen LogP contribution in [0, 0.1) is 0 Å². The average molecular weight is 296 g/mol. The van der Waals surface area contributed by atoms with Crippen LogP contribution in [-0.4, -0.2) is 36.1 Å². The molecule has 0 bridgehead atoms. The van der Waals surface area contributed by atoms with Gasteiger partial charge in [-0.15, -0.1) is 11.6 Å². The number of piperidine rings is 1. The Morgan fingerprint density at radius 3 is 3.00 bits per heavy atom. The Labute approximate surface area is 123 Å². The summed E-state index contributed by atoms with van der Waals surface area (Å²) in [6.07, 6.45) is 4.14. The van der Waals surface area contributed by atoms with E-state index in [2.05, 4.69) is 0 Å². The molecule has 1 fully saturated rings. The number of likely N-dealkylation sites (tertiary alicyclic amines) is 1. The number of hydrogen-bond acceptors (Lipinski definition) is 3. The number of benzene rings is 1. The van der Waals surface area contributed by atoms with Gasteiger partial charge in [-0.25, -0.2) is 0 Å². The van der Waals surface area contributed by atoms with Crippen molar-refractivity contribution in [2.75, 3.05) is 19.2 Å². The highest BCUT2D eigenvalue weighted by Gasteiger charge is 2.28. The van der Waals surface area contributed by atoms with Crippen LogP contribution in [0.1, 0.15) is 36.0 Å². The number of ether oxygens (including phenoxy) is 2. The lowest BCUT2D eigenvalue weighted by atomic mass is 9.98. The number of amides is 1. The van der Waals surface area contributed by atoms with E-state index in [1.165, 1.54) is 6.42 Å². The summed E-state index contributed by atoms with van der Waals surface area (Å²) in [5, 5.41) is 0. The monoisotopic (exact) mass is 295 g/mol. The molecule has 0 radical (unpaired) electrons. The summed E-state index contributed by atoms with van der Waals surface area (Å²) in [4.78, 5) is 14.6. The molecule has 0 aliphatic carbocycles. The highest BCUT2D eigenvalue weighted by Crippen LogP contribution is 2.33. The van der Waals surface area contributed by atoms with Crippen LogP contribution in [0.25, 0.3) is 0 Å². The fourth-order valence-corrected chi connectivity index (χ4v) is 3.14. The van der Waals surface area contributed by atoms with Gasteiger partial charge < -0.3 is 14.4 Å². The topological polar surface area (TPSA) is 38.8 Å². The first-order valence-corrected chi connectivity index (χ1v) is 7.59. The molecule has 2 heterocycles. The quantitative estimate of drug-likeness (QED) is 0.805. The third-order valence-corrected chi connectivity index (χ3v) is 4.17. The maximum absolute atomic E-state index is 12.7. The van der Waals surface area contributed by atoms with Gasteiger partial charge in [-0.05, 0) is 43.9 Å². The minimum Gasteiger partial charge on any atom is -0.454 e. The molecule has 2 aliphatic heterocycles. The van der Waals surface area contributed by atoms with Gasteiger partial charge >= 0.3 is 0 Å². The minimum atomic E-state index is 0.0677. The van der Waals surface area contributed by atoms with E-state index in [1.807, 2.05) is 11.0 Å². The third-order valence-electron chi connectivity index (χ3n) is 3.95. The van der Waals surface area contributed by atoms with Gasteiger partial charge in [-0.2, -0.15) is 0 Å². The van der Waals surface area contributed by atoms with E-state index in [9.17, 15) is 4.79 Å². The zero-order valence-electron chi connectivity index (χ0n) is 11.3. The number of carbonyl (C=O) groups is 1. The van der Waals surface area contributed by atoms with E-state index >= 15 is 0 Å². The molecular formula is C15H18ClNO3. The molecular weight excluding hydrogens is 278 g/mol. The zero-order valence-corrected chi connectivity index (χ0v) is 12.1. The fourth-order valence-electron chi connectivity index (χ4n) is 2.89. The van der Waals surface area contributed by atoms with Crippen LogP contribution in [0.4, 0.5) is 0 Å². The molecule has 1 atom stereocenters. The van der Waals surface area contributed by atoms with Gasteiger partial charge in [0.05, 0.1) is 0 Å². The molecule has 2 aliphatic rings. The zero-order chi connectivity index (χ0) is 13.9. The fraction of sp³-hybridized carbons (Fsp3) is 0.533. The molecule has 0 N–H and O–H groups in total. The second-order valence-corrected chi connectivity index (χ2v) is 5.57. The molecule has 1 unspecified atom stereocenters. The summed E-state index contributed by atoms with van der Waals surface area (Å²) < 4.78 is 10.6. The first-order chi connectivity index (χ1) is 9.79. The summed E-state index contributed by atoms with van der Waals surface area (Å²) in [5.74, 6) is 2.02. The number of hydrogen-bond donors (Lipinski definition) is 0. The predicted molar refractivity (Wildman–Crippen MR) is 76.6 cm³/mol. The first kappa shape index (κ1) is 13.6. The van der Waals surface area contributed by atoms with Crippen LogP contribution in [-0.2, 0) is 0 Å². The molecule has 1 saturated heterocycles. The molecule has 5 heteroatoms. The Bertz CT molecular complexity index is 504. The number of rotatable bonds is 3. The molecule has 0 saturated carbocycles. The van der Waals surface area contributed by atoms with Gasteiger partial charge in [-0.1, -0.05) is 0 Å². The van der Waals surface area contributed by atoms with E-state index in [0.29, 0.717) is 22.9 Å². The van der Waals surface area contributed by atoms with Crippen LogP contribution in [0.5, 0.6) is 11.5 Å². The van der Waals surface area contributed by atoms with Crippen molar-refractivity contribution in [3.63, 3.8) is 0 Å². The van der Waals surface area contributed by atoms with E-state index in [0.717, 1.165) is 25.8 Å². The molecule has 3 rings (SSSR count). The summed E-state index contributed by atoms with van der Waals surface area (Å²) in [5.41, 5.74) is 0.663. The highest BCUT2D eigenvalue weighted by atomic mass is 35.5. The van der Waals surface area contributed by atoms with Crippen LogP contribution in [0.2, 0.25) is 0 Å². The largest absolute Gasteiger partial charge is 0.454 e. The lowest BCUT2D eigenvalue weighted by Gasteiger charge is -2.35. The van der Waals surface area contributed by atoms with Gasteiger partial charge in [0.2, 0.25) is 6.79 Å². The van der Waals surface area contributed by atoms with Crippen LogP contribution >= 0.6 is 11.6 Å². The number of halogens is 1. The average Bonchev–Trinajstić information content (AvgIpc) is 2.95. The van der Waals surface area contributed by atoms with Gasteiger partial charge in [0, 0.05) is 24.0 Å². The summed E-state index contributed by atoms with van der Waals surface area (Å²) in [6.45, 7) is 1.04. The molecule has 4 nitrogen and oxygen atoms in total. The molecule has 1 aromatic carbocycles. The van der Waals surface area contributed by atoms with Gasteiger partial charge in [0.1, 0.15) is 0 Å². The number of nitrogens with zero attached hydrogens (tertiary/aromatic N) is 1. The lowest BCUT2D eigenvalue weighted by Crippen LogP contribution is -2.43. The third kappa shape index (κ3) is 2.57. The first-order valence-electron chi connectivity index (χ1n) is 7.06. The van der Waals surface area contributed by atoms with Crippen molar-refractivity contribution in [2.24, 2.45) is 0 Å². The van der Waals surface area contributed by atoms with Crippen molar-refractivity contribution < 1.29 is 14.3 Å². The van der Waals surface area contributed by atoms with Crippen molar-refractivity contribution in [2.45, 2.75) is 31.7 Å². The normalized spacial score (nSPS) is 21.1. The second-order valence-electron chi connectivity index (χ2n) is 5.19. The summed E-state index contributed by atoms with van der Waals surface area (Å²) in [7, 11) is 0. The van der Waals surface area contributed by atoms with Crippen molar-refractivity contribution in [3.8, 4) is 11.5 Å². The van der Waals surface area contributed by atoms with Crippen molar-refractivity contribution in [1.29, 1.82) is 0 Å². The van der Waals surface area contributed by atoms with Crippen LogP contribution in [0.3, 0.4) is 0 Å². The molecule has 0 aromatic heterocycles. The predicted octanol–water partition coefficient (Wildman–Crippen LogP) is 3.04.